The molecule has 2 N–H and O–H groups in total. The number of aromatic amines is 1. The molecular formula is C25H31ClN2O. The Kier molecular flexibility index (Phi) is 6.84. The summed E-state index contributed by atoms with van der Waals surface area (Å²) in [5.74, 6) is 0. The number of aliphatic hydroxyl groups is 1. The molecule has 29 heavy (non-hydrogen) atoms. The number of aliphatic hydroxyl groups excluding tert-OH is 1. The number of hydrogen-bond donors (Lipinski definition) is 2. The standard InChI is InChI=1S/C25H30N2O.ClH/c1-27(2)25(20-9-4-3-5-10-20)16-14-19(15-17-25)24-22(12-8-18-28)21-11-6-7-13-23(21)26-24;/h3-7,9-11,13-14,26,28H,8,12,15-18H2,1-2H3;1H. The predicted octanol–water partition coefficient (Wildman–Crippen LogP) is 5.54. The van der Waals surface area contributed by atoms with Gasteiger partial charge in [-0.2, -0.15) is 0 Å². The van der Waals surface area contributed by atoms with Crippen molar-refractivity contribution < 1.29 is 5.11 Å². The molecule has 0 spiro atoms. The van der Waals surface area contributed by atoms with Crippen molar-refractivity contribution in [1.29, 1.82) is 0 Å². The number of nitrogens with zero attached hydrogens (tertiary/aromatic N) is 1. The minimum atomic E-state index is 0. The van der Waals surface area contributed by atoms with Crippen molar-refractivity contribution in [1.82, 2.24) is 9.88 Å². The van der Waals surface area contributed by atoms with Crippen LogP contribution in [0.1, 0.15) is 42.5 Å². The van der Waals surface area contributed by atoms with Crippen LogP contribution in [0.4, 0.5) is 0 Å². The fourth-order valence-electron chi connectivity index (χ4n) is 4.73. The van der Waals surface area contributed by atoms with E-state index in [0.717, 1.165) is 32.1 Å². The summed E-state index contributed by atoms with van der Waals surface area (Å²) in [6.45, 7) is 0.232. The van der Waals surface area contributed by atoms with Gasteiger partial charge in [-0.25, -0.2) is 0 Å². The summed E-state index contributed by atoms with van der Waals surface area (Å²) in [5, 5.41) is 10.7. The molecule has 3 nitrogen and oxygen atoms in total. The molecule has 2 aromatic carbocycles. The third-order valence-corrected chi connectivity index (χ3v) is 6.38. The van der Waals surface area contributed by atoms with Gasteiger partial charge in [0, 0.05) is 28.7 Å². The summed E-state index contributed by atoms with van der Waals surface area (Å²) in [6.07, 6.45) is 7.30. The summed E-state index contributed by atoms with van der Waals surface area (Å²) >= 11 is 0. The number of allylic oxidation sites excluding steroid dienone is 1. The van der Waals surface area contributed by atoms with Gasteiger partial charge in [0.15, 0.2) is 0 Å². The van der Waals surface area contributed by atoms with Gasteiger partial charge in [0.05, 0.1) is 0 Å². The SMILES string of the molecule is CN(C)C1(c2ccccc2)CC=C(c2[nH]c3ccccc3c2CCCO)CC1.Cl. The number of rotatable bonds is 6. The average molecular weight is 411 g/mol. The van der Waals surface area contributed by atoms with Gasteiger partial charge in [-0.15, -0.1) is 12.4 Å². The van der Waals surface area contributed by atoms with Gasteiger partial charge in [0.1, 0.15) is 0 Å². The van der Waals surface area contributed by atoms with Crippen molar-refractivity contribution in [3.05, 3.63) is 77.5 Å². The number of para-hydroxylation sites is 1. The molecule has 0 bridgehead atoms. The quantitative estimate of drug-likeness (QED) is 0.560. The first-order valence-corrected chi connectivity index (χ1v) is 10.3. The van der Waals surface area contributed by atoms with E-state index in [1.807, 2.05) is 0 Å². The first-order chi connectivity index (χ1) is 13.7. The molecule has 1 aromatic heterocycles. The second-order valence-electron chi connectivity index (χ2n) is 8.08. The fourth-order valence-corrected chi connectivity index (χ4v) is 4.73. The Labute approximate surface area is 179 Å². The zero-order valence-electron chi connectivity index (χ0n) is 17.3. The van der Waals surface area contributed by atoms with E-state index in [-0.39, 0.29) is 24.6 Å². The molecule has 0 saturated carbocycles. The number of aromatic nitrogens is 1. The van der Waals surface area contributed by atoms with E-state index in [0.29, 0.717) is 0 Å². The third-order valence-electron chi connectivity index (χ3n) is 6.38. The van der Waals surface area contributed by atoms with E-state index in [4.69, 9.17) is 0 Å². The van der Waals surface area contributed by atoms with E-state index < -0.39 is 0 Å². The lowest BCUT2D eigenvalue weighted by atomic mass is 9.75. The zero-order chi connectivity index (χ0) is 19.6. The minimum Gasteiger partial charge on any atom is -0.396 e. The normalized spacial score (nSPS) is 19.2. The van der Waals surface area contributed by atoms with Gasteiger partial charge < -0.3 is 10.1 Å². The molecule has 4 rings (SSSR count). The molecule has 0 saturated heterocycles. The van der Waals surface area contributed by atoms with Gasteiger partial charge in [0.25, 0.3) is 0 Å². The van der Waals surface area contributed by atoms with Crippen LogP contribution in [-0.2, 0) is 12.0 Å². The summed E-state index contributed by atoms with van der Waals surface area (Å²) < 4.78 is 0. The average Bonchev–Trinajstić information content (AvgIpc) is 3.11. The second-order valence-corrected chi connectivity index (χ2v) is 8.08. The number of H-pyrrole nitrogens is 1. The Hall–Kier alpha value is -2.07. The molecule has 4 heteroatoms. The molecule has 0 amide bonds. The fraction of sp³-hybridized carbons (Fsp3) is 0.360. The van der Waals surface area contributed by atoms with Crippen LogP contribution in [0.2, 0.25) is 0 Å². The van der Waals surface area contributed by atoms with Crippen molar-refractivity contribution >= 4 is 28.9 Å². The molecule has 0 radical (unpaired) electrons. The maximum absolute atomic E-state index is 9.36. The predicted molar refractivity (Wildman–Crippen MR) is 125 cm³/mol. The summed E-state index contributed by atoms with van der Waals surface area (Å²) in [4.78, 5) is 6.06. The molecule has 1 heterocycles. The number of nitrogens with one attached hydrogen (secondary N) is 1. The maximum Gasteiger partial charge on any atom is 0.0492 e. The molecule has 1 aliphatic rings. The Morgan fingerprint density at radius 1 is 1.03 bits per heavy atom. The molecule has 1 atom stereocenters. The highest BCUT2D eigenvalue weighted by atomic mass is 35.5. The van der Waals surface area contributed by atoms with Crippen LogP contribution in [0.15, 0.2) is 60.7 Å². The molecule has 1 unspecified atom stereocenters. The van der Waals surface area contributed by atoms with Gasteiger partial charge >= 0.3 is 0 Å². The molecule has 154 valence electrons. The van der Waals surface area contributed by atoms with E-state index in [1.165, 1.54) is 33.3 Å². The molecule has 0 fully saturated rings. The number of aryl methyl sites for hydroxylation is 1. The van der Waals surface area contributed by atoms with Crippen molar-refractivity contribution in [2.24, 2.45) is 0 Å². The number of hydrogen-bond acceptors (Lipinski definition) is 2. The highest BCUT2D eigenvalue weighted by Gasteiger charge is 2.36. The Morgan fingerprint density at radius 3 is 2.41 bits per heavy atom. The van der Waals surface area contributed by atoms with Crippen LogP contribution < -0.4 is 0 Å². The van der Waals surface area contributed by atoms with Crippen LogP contribution in [0.3, 0.4) is 0 Å². The van der Waals surface area contributed by atoms with E-state index in [2.05, 4.69) is 84.7 Å². The summed E-state index contributed by atoms with van der Waals surface area (Å²) in [6, 6.07) is 19.4. The number of benzene rings is 2. The van der Waals surface area contributed by atoms with Gasteiger partial charge in [-0.3, -0.25) is 4.90 Å². The number of fused-ring (bicyclic) bond motifs is 1. The van der Waals surface area contributed by atoms with Crippen LogP contribution in [0.25, 0.3) is 16.5 Å². The Bertz CT molecular complexity index is 977. The Morgan fingerprint density at radius 2 is 1.76 bits per heavy atom. The number of halogens is 1. The van der Waals surface area contributed by atoms with E-state index in [9.17, 15) is 5.11 Å². The van der Waals surface area contributed by atoms with Crippen LogP contribution >= 0.6 is 12.4 Å². The lowest BCUT2D eigenvalue weighted by Crippen LogP contribution is -2.42. The van der Waals surface area contributed by atoms with Crippen LogP contribution in [0, 0.1) is 0 Å². The lowest BCUT2D eigenvalue weighted by molar-refractivity contribution is 0.138. The molecular weight excluding hydrogens is 380 g/mol. The van der Waals surface area contributed by atoms with Crippen molar-refractivity contribution in [2.75, 3.05) is 20.7 Å². The molecule has 1 aliphatic carbocycles. The topological polar surface area (TPSA) is 39.3 Å². The van der Waals surface area contributed by atoms with E-state index >= 15 is 0 Å². The first kappa shape index (κ1) is 21.6. The monoisotopic (exact) mass is 410 g/mol. The van der Waals surface area contributed by atoms with Gasteiger partial charge in [0.2, 0.25) is 0 Å². The van der Waals surface area contributed by atoms with Crippen LogP contribution in [-0.4, -0.2) is 35.7 Å². The highest BCUT2D eigenvalue weighted by molar-refractivity contribution is 5.89. The lowest BCUT2D eigenvalue weighted by Gasteiger charge is -2.43. The smallest absolute Gasteiger partial charge is 0.0492 e. The van der Waals surface area contributed by atoms with Crippen molar-refractivity contribution in [2.45, 2.75) is 37.6 Å². The van der Waals surface area contributed by atoms with E-state index in [1.54, 1.807) is 0 Å². The largest absolute Gasteiger partial charge is 0.396 e. The van der Waals surface area contributed by atoms with Crippen molar-refractivity contribution in [3.63, 3.8) is 0 Å². The first-order valence-electron chi connectivity index (χ1n) is 10.3. The summed E-state index contributed by atoms with van der Waals surface area (Å²) in [5.41, 5.74) is 6.69. The van der Waals surface area contributed by atoms with Gasteiger partial charge in [-0.1, -0.05) is 54.6 Å². The van der Waals surface area contributed by atoms with Crippen LogP contribution in [0.5, 0.6) is 0 Å². The Balaban J connectivity index is 0.00000240. The maximum atomic E-state index is 9.36. The zero-order valence-corrected chi connectivity index (χ0v) is 18.1. The molecule has 3 aromatic rings. The molecule has 0 aliphatic heterocycles. The summed E-state index contributed by atoms with van der Waals surface area (Å²) in [7, 11) is 4.39. The highest BCUT2D eigenvalue weighted by Crippen LogP contribution is 2.43. The van der Waals surface area contributed by atoms with Gasteiger partial charge in [-0.05, 0) is 69.0 Å². The van der Waals surface area contributed by atoms with Crippen molar-refractivity contribution in [3.8, 4) is 0 Å². The second kappa shape index (κ2) is 9.17. The third kappa shape index (κ3) is 4.00. The minimum absolute atomic E-state index is 0.